The average Bonchev–Trinajstić information content (AvgIpc) is 2.70. The van der Waals surface area contributed by atoms with Crippen LogP contribution in [-0.2, 0) is 11.3 Å². The van der Waals surface area contributed by atoms with Crippen LogP contribution in [0.15, 0.2) is 60.7 Å². The van der Waals surface area contributed by atoms with Crippen molar-refractivity contribution >= 4 is 11.6 Å². The van der Waals surface area contributed by atoms with Gasteiger partial charge in [-0.25, -0.2) is 0 Å². The molecule has 0 fully saturated rings. The molecule has 0 aliphatic heterocycles. The van der Waals surface area contributed by atoms with E-state index in [0.29, 0.717) is 35.2 Å². The van der Waals surface area contributed by atoms with Crippen LogP contribution >= 0.6 is 0 Å². The molecular weight excluding hydrogens is 364 g/mol. The summed E-state index contributed by atoms with van der Waals surface area (Å²) in [6.07, 6.45) is 0. The fourth-order valence-electron chi connectivity index (χ4n) is 2.96. The Balaban J connectivity index is 1.66. The van der Waals surface area contributed by atoms with Crippen molar-refractivity contribution in [2.45, 2.75) is 33.3 Å². The van der Waals surface area contributed by atoms with Gasteiger partial charge in [-0.15, -0.1) is 0 Å². The fraction of sp³-hybridized carbons (Fsp3) is 0.250. The lowest BCUT2D eigenvalue weighted by Crippen LogP contribution is -2.14. The summed E-state index contributed by atoms with van der Waals surface area (Å²) in [7, 11) is 1.62. The minimum absolute atomic E-state index is 0.197. The summed E-state index contributed by atoms with van der Waals surface area (Å²) in [6, 6.07) is 19.0. The summed E-state index contributed by atoms with van der Waals surface area (Å²) in [5.74, 6) is 1.76. The second kappa shape index (κ2) is 9.34. The Kier molecular flexibility index (Phi) is 6.62. The predicted molar refractivity (Wildman–Crippen MR) is 115 cm³/mol. The number of ether oxygens (including phenoxy) is 2. The van der Waals surface area contributed by atoms with Crippen molar-refractivity contribution in [1.82, 2.24) is 4.98 Å². The molecule has 0 aliphatic rings. The van der Waals surface area contributed by atoms with Gasteiger partial charge in [-0.2, -0.15) is 0 Å². The number of hydrogen-bond donors (Lipinski definition) is 1. The van der Waals surface area contributed by atoms with E-state index in [0.717, 1.165) is 11.4 Å². The maximum atomic E-state index is 12.6. The number of carbonyl (C=O) groups excluding carboxylic acids is 1. The molecule has 0 saturated carbocycles. The summed E-state index contributed by atoms with van der Waals surface area (Å²) in [4.78, 5) is 17.0. The monoisotopic (exact) mass is 390 g/mol. The highest BCUT2D eigenvalue weighted by Crippen LogP contribution is 2.26. The first-order chi connectivity index (χ1) is 14.0. The molecule has 3 rings (SSSR count). The molecule has 1 N–H and O–H groups in total. The Bertz CT molecular complexity index is 982. The van der Waals surface area contributed by atoms with Gasteiger partial charge in [-0.3, -0.25) is 9.78 Å². The molecule has 0 unspecified atom stereocenters. The molecule has 150 valence electrons. The Labute approximate surface area is 171 Å². The minimum Gasteiger partial charge on any atom is -0.457 e. The maximum Gasteiger partial charge on any atom is 0.257 e. The standard InChI is InChI=1S/C24H26N2O3/c1-16(2)18-6-5-7-22(14-18)29-21-11-8-19(9-12-21)26-24(27)23-13-10-20(15-28-4)25-17(23)3/h5-14,16H,15H2,1-4H3,(H,26,27). The van der Waals surface area contributed by atoms with Crippen molar-refractivity contribution < 1.29 is 14.3 Å². The minimum atomic E-state index is -0.197. The van der Waals surface area contributed by atoms with Gasteiger partial charge in [-0.1, -0.05) is 26.0 Å². The van der Waals surface area contributed by atoms with Crippen molar-refractivity contribution in [3.8, 4) is 11.5 Å². The number of amides is 1. The number of benzene rings is 2. The topological polar surface area (TPSA) is 60.5 Å². The number of aryl methyl sites for hydroxylation is 1. The van der Waals surface area contributed by atoms with Crippen LogP contribution in [0, 0.1) is 6.92 Å². The zero-order chi connectivity index (χ0) is 20.8. The third-order valence-corrected chi connectivity index (χ3v) is 4.55. The lowest BCUT2D eigenvalue weighted by molar-refractivity contribution is 0.102. The van der Waals surface area contributed by atoms with E-state index >= 15 is 0 Å². The van der Waals surface area contributed by atoms with Crippen molar-refractivity contribution in [1.29, 1.82) is 0 Å². The van der Waals surface area contributed by atoms with E-state index in [1.807, 2.05) is 49.4 Å². The molecule has 1 aromatic heterocycles. The van der Waals surface area contributed by atoms with Gasteiger partial charge in [0.05, 0.1) is 23.6 Å². The molecule has 0 saturated heterocycles. The van der Waals surface area contributed by atoms with E-state index < -0.39 is 0 Å². The van der Waals surface area contributed by atoms with Crippen LogP contribution < -0.4 is 10.1 Å². The Hall–Kier alpha value is -3.18. The van der Waals surface area contributed by atoms with Gasteiger partial charge in [0.25, 0.3) is 5.91 Å². The molecule has 0 aliphatic carbocycles. The normalized spacial score (nSPS) is 10.8. The van der Waals surface area contributed by atoms with Crippen LogP contribution in [0.25, 0.3) is 0 Å². The average molecular weight is 390 g/mol. The largest absolute Gasteiger partial charge is 0.457 e. The number of nitrogens with one attached hydrogen (secondary N) is 1. The van der Waals surface area contributed by atoms with Gasteiger partial charge in [0.1, 0.15) is 11.5 Å². The molecule has 0 spiro atoms. The second-order valence-electron chi connectivity index (χ2n) is 7.18. The second-order valence-corrected chi connectivity index (χ2v) is 7.18. The van der Waals surface area contributed by atoms with Gasteiger partial charge < -0.3 is 14.8 Å². The van der Waals surface area contributed by atoms with Gasteiger partial charge in [-0.05, 0) is 66.9 Å². The molecule has 1 amide bonds. The Morgan fingerprint density at radius 2 is 1.79 bits per heavy atom. The number of anilines is 1. The third-order valence-electron chi connectivity index (χ3n) is 4.55. The van der Waals surface area contributed by atoms with E-state index in [1.165, 1.54) is 5.56 Å². The molecule has 5 heteroatoms. The molecule has 1 heterocycles. The molecule has 5 nitrogen and oxygen atoms in total. The van der Waals surface area contributed by atoms with Crippen LogP contribution in [0.2, 0.25) is 0 Å². The zero-order valence-corrected chi connectivity index (χ0v) is 17.2. The highest BCUT2D eigenvalue weighted by Gasteiger charge is 2.11. The summed E-state index contributed by atoms with van der Waals surface area (Å²) in [5.41, 5.74) is 3.92. The Morgan fingerprint density at radius 3 is 2.45 bits per heavy atom. The lowest BCUT2D eigenvalue weighted by atomic mass is 10.0. The van der Waals surface area contributed by atoms with E-state index in [9.17, 15) is 4.79 Å². The Morgan fingerprint density at radius 1 is 1.03 bits per heavy atom. The fourth-order valence-corrected chi connectivity index (χ4v) is 2.96. The van der Waals surface area contributed by atoms with E-state index in [4.69, 9.17) is 9.47 Å². The molecule has 0 bridgehead atoms. The molecule has 29 heavy (non-hydrogen) atoms. The summed E-state index contributed by atoms with van der Waals surface area (Å²) in [6.45, 7) is 6.54. The lowest BCUT2D eigenvalue weighted by Gasteiger charge is -2.11. The molecule has 2 aromatic carbocycles. The first-order valence-corrected chi connectivity index (χ1v) is 9.61. The van der Waals surface area contributed by atoms with Crippen LogP contribution in [0.4, 0.5) is 5.69 Å². The van der Waals surface area contributed by atoms with Gasteiger partial charge in [0, 0.05) is 12.8 Å². The number of rotatable bonds is 7. The van der Waals surface area contributed by atoms with Crippen LogP contribution in [0.5, 0.6) is 11.5 Å². The van der Waals surface area contributed by atoms with Crippen molar-refractivity contribution in [3.63, 3.8) is 0 Å². The highest BCUT2D eigenvalue weighted by atomic mass is 16.5. The number of pyridine rings is 1. The number of hydrogen-bond acceptors (Lipinski definition) is 4. The van der Waals surface area contributed by atoms with Gasteiger partial charge in [0.15, 0.2) is 0 Å². The summed E-state index contributed by atoms with van der Waals surface area (Å²) < 4.78 is 11.0. The van der Waals surface area contributed by atoms with Crippen molar-refractivity contribution in [2.24, 2.45) is 0 Å². The number of nitrogens with zero attached hydrogens (tertiary/aromatic N) is 1. The van der Waals surface area contributed by atoms with Crippen molar-refractivity contribution in [3.05, 3.63) is 83.2 Å². The van der Waals surface area contributed by atoms with E-state index in [2.05, 4.69) is 30.2 Å². The maximum absolute atomic E-state index is 12.6. The van der Waals surface area contributed by atoms with Crippen LogP contribution in [0.3, 0.4) is 0 Å². The first-order valence-electron chi connectivity index (χ1n) is 9.61. The number of aromatic nitrogens is 1. The molecule has 0 atom stereocenters. The molecule has 0 radical (unpaired) electrons. The van der Waals surface area contributed by atoms with E-state index in [-0.39, 0.29) is 5.91 Å². The zero-order valence-electron chi connectivity index (χ0n) is 17.2. The highest BCUT2D eigenvalue weighted by molar-refractivity contribution is 6.05. The van der Waals surface area contributed by atoms with E-state index in [1.54, 1.807) is 19.2 Å². The predicted octanol–water partition coefficient (Wildman–Crippen LogP) is 5.70. The van der Waals surface area contributed by atoms with Crippen LogP contribution in [0.1, 0.15) is 47.1 Å². The quantitative estimate of drug-likeness (QED) is 0.562. The van der Waals surface area contributed by atoms with Gasteiger partial charge >= 0.3 is 0 Å². The summed E-state index contributed by atoms with van der Waals surface area (Å²) in [5, 5.41) is 2.90. The van der Waals surface area contributed by atoms with Gasteiger partial charge in [0.2, 0.25) is 0 Å². The smallest absolute Gasteiger partial charge is 0.257 e. The summed E-state index contributed by atoms with van der Waals surface area (Å²) >= 11 is 0. The molecular formula is C24H26N2O3. The number of carbonyl (C=O) groups is 1. The SMILES string of the molecule is COCc1ccc(C(=O)Nc2ccc(Oc3cccc(C(C)C)c3)cc2)c(C)n1. The third kappa shape index (κ3) is 5.42. The first kappa shape index (κ1) is 20.6. The van der Waals surface area contributed by atoms with Crippen molar-refractivity contribution in [2.75, 3.05) is 12.4 Å². The molecule has 3 aromatic rings. The van der Waals surface area contributed by atoms with Crippen LogP contribution in [-0.4, -0.2) is 18.0 Å². The number of methoxy groups -OCH3 is 1.